The second-order valence-electron chi connectivity index (χ2n) is 3.98. The third-order valence-corrected chi connectivity index (χ3v) is 2.74. The fourth-order valence-electron chi connectivity index (χ4n) is 1.77. The molecule has 0 unspecified atom stereocenters. The third kappa shape index (κ3) is 2.17. The maximum Gasteiger partial charge on any atom is 0.330 e. The Bertz CT molecular complexity index is 566. The van der Waals surface area contributed by atoms with E-state index in [-0.39, 0.29) is 24.8 Å². The van der Waals surface area contributed by atoms with Gasteiger partial charge in [-0.3, -0.25) is 14.3 Å². The van der Waals surface area contributed by atoms with Crippen molar-refractivity contribution < 1.29 is 16.3 Å². The van der Waals surface area contributed by atoms with E-state index in [0.29, 0.717) is 0 Å². The molecule has 0 aliphatic carbocycles. The molecule has 0 radical (unpaired) electrons. The van der Waals surface area contributed by atoms with Crippen molar-refractivity contribution in [1.82, 2.24) is 9.55 Å². The summed E-state index contributed by atoms with van der Waals surface area (Å²) >= 11 is 0. The Morgan fingerprint density at radius 2 is 2.41 bits per heavy atom. The Kier molecular flexibility index (Phi) is 2.79. The Balaban J connectivity index is 2.45. The van der Waals surface area contributed by atoms with E-state index in [1.165, 1.54) is 6.92 Å². The second kappa shape index (κ2) is 4.44. The summed E-state index contributed by atoms with van der Waals surface area (Å²) in [5.74, 6) is 0. The van der Waals surface area contributed by atoms with Gasteiger partial charge in [0, 0.05) is 18.2 Å². The van der Waals surface area contributed by atoms with Crippen LogP contribution in [0.2, 0.25) is 0 Å². The normalized spacial score (nSPS) is 29.4. The van der Waals surface area contributed by atoms with Crippen molar-refractivity contribution >= 4 is 0 Å². The summed E-state index contributed by atoms with van der Waals surface area (Å²) in [6.45, 7) is 1.05. The smallest absolute Gasteiger partial charge is 0.330 e. The molecule has 0 saturated carbocycles. The summed E-state index contributed by atoms with van der Waals surface area (Å²) < 4.78 is 14.0. The topological polar surface area (TPSA) is 105 Å². The molecule has 2 heterocycles. The first-order chi connectivity index (χ1) is 8.45. The molecule has 1 aliphatic heterocycles. The lowest BCUT2D eigenvalue weighted by Gasteiger charge is -2.14. The van der Waals surface area contributed by atoms with Crippen LogP contribution in [-0.2, 0) is 4.74 Å². The van der Waals surface area contributed by atoms with Crippen LogP contribution in [0.15, 0.2) is 15.8 Å². The van der Waals surface area contributed by atoms with Gasteiger partial charge in [-0.15, -0.1) is 0 Å². The minimum Gasteiger partial charge on any atom is -0.394 e. The summed E-state index contributed by atoms with van der Waals surface area (Å²) in [7, 11) is 0. The van der Waals surface area contributed by atoms with Crippen LogP contribution in [0.5, 0.6) is 0 Å². The minimum absolute atomic E-state index is 0.0858. The average molecular weight is 244 g/mol. The van der Waals surface area contributed by atoms with Gasteiger partial charge in [-0.25, -0.2) is 4.79 Å². The number of aromatic amines is 1. The summed E-state index contributed by atoms with van der Waals surface area (Å²) in [5, 5.41) is 18.6. The molecule has 0 aromatic carbocycles. The molecule has 1 aromatic heterocycles. The highest BCUT2D eigenvalue weighted by atomic mass is 16.5. The van der Waals surface area contributed by atoms with E-state index in [2.05, 4.69) is 4.98 Å². The molecule has 3 atom stereocenters. The van der Waals surface area contributed by atoms with E-state index in [0.717, 1.165) is 4.57 Å². The SMILES string of the molecule is [3H]c1c(C)c(=O)[nH]c(=O)n1[C@H]1C[C@H](O)[C@@H](CO)O1. The summed E-state index contributed by atoms with van der Waals surface area (Å²) in [4.78, 5) is 25.0. The van der Waals surface area contributed by atoms with Crippen molar-refractivity contribution in [3.05, 3.63) is 32.6 Å². The van der Waals surface area contributed by atoms with Crippen LogP contribution in [0.3, 0.4) is 0 Å². The van der Waals surface area contributed by atoms with E-state index in [4.69, 9.17) is 11.2 Å². The van der Waals surface area contributed by atoms with Crippen molar-refractivity contribution in [2.75, 3.05) is 6.61 Å². The Labute approximate surface area is 97.7 Å². The molecule has 1 aliphatic rings. The van der Waals surface area contributed by atoms with Gasteiger partial charge >= 0.3 is 5.69 Å². The quantitative estimate of drug-likeness (QED) is 0.586. The summed E-state index contributed by atoms with van der Waals surface area (Å²) in [5.41, 5.74) is -1.27. The zero-order valence-electron chi connectivity index (χ0n) is 10.2. The highest BCUT2D eigenvalue weighted by Gasteiger charge is 2.34. The fourth-order valence-corrected chi connectivity index (χ4v) is 1.77. The fraction of sp³-hybridized carbons (Fsp3) is 0.600. The maximum absolute atomic E-state index is 11.7. The van der Waals surface area contributed by atoms with E-state index >= 15 is 0 Å². The summed E-state index contributed by atoms with van der Waals surface area (Å²) in [6, 6.07) is 0. The van der Waals surface area contributed by atoms with E-state index < -0.39 is 29.7 Å². The van der Waals surface area contributed by atoms with Gasteiger partial charge in [-0.2, -0.15) is 0 Å². The lowest BCUT2D eigenvalue weighted by Crippen LogP contribution is -2.33. The van der Waals surface area contributed by atoms with Gasteiger partial charge in [0.05, 0.1) is 14.1 Å². The zero-order valence-corrected chi connectivity index (χ0v) is 9.21. The Morgan fingerprint density at radius 3 is 3.00 bits per heavy atom. The zero-order chi connectivity index (χ0) is 13.4. The summed E-state index contributed by atoms with van der Waals surface area (Å²) in [6.07, 6.45) is -2.71. The van der Waals surface area contributed by atoms with E-state index in [9.17, 15) is 14.7 Å². The van der Waals surface area contributed by atoms with Crippen molar-refractivity contribution in [3.63, 3.8) is 0 Å². The number of rotatable bonds is 2. The van der Waals surface area contributed by atoms with Crippen LogP contribution in [0.1, 0.15) is 19.6 Å². The molecule has 1 aromatic rings. The van der Waals surface area contributed by atoms with Gasteiger partial charge in [-0.1, -0.05) is 0 Å². The van der Waals surface area contributed by atoms with Crippen molar-refractivity contribution in [1.29, 1.82) is 0 Å². The number of aliphatic hydroxyl groups excluding tert-OH is 2. The van der Waals surface area contributed by atoms with Gasteiger partial charge in [0.15, 0.2) is 0 Å². The number of nitrogens with zero attached hydrogens (tertiary/aromatic N) is 1. The molecule has 3 N–H and O–H groups in total. The number of hydrogen-bond donors (Lipinski definition) is 3. The third-order valence-electron chi connectivity index (χ3n) is 2.74. The predicted molar refractivity (Wildman–Crippen MR) is 57.7 cm³/mol. The highest BCUT2D eigenvalue weighted by Crippen LogP contribution is 2.27. The first kappa shape index (κ1) is 10.7. The number of aliphatic hydroxyl groups is 2. The molecule has 2 rings (SSSR count). The Morgan fingerprint density at radius 1 is 1.71 bits per heavy atom. The van der Waals surface area contributed by atoms with Crippen LogP contribution in [0.4, 0.5) is 0 Å². The van der Waals surface area contributed by atoms with Crippen LogP contribution < -0.4 is 11.2 Å². The second-order valence-corrected chi connectivity index (χ2v) is 3.98. The standard InChI is InChI=1S/C10H14N2O5/c1-5-3-12(10(16)11-9(5)15)8-2-6(14)7(4-13)17-8/h3,6-8,13-14H,2,4H2,1H3,(H,11,15,16)/t6-,7+,8+/m0/s1/i3T. The monoisotopic (exact) mass is 244 g/mol. The molecule has 17 heavy (non-hydrogen) atoms. The molecule has 1 saturated heterocycles. The number of nitrogens with one attached hydrogen (secondary N) is 1. The van der Waals surface area contributed by atoms with E-state index in [1.807, 2.05) is 0 Å². The number of aromatic nitrogens is 2. The highest BCUT2D eigenvalue weighted by molar-refractivity contribution is 5.02. The van der Waals surface area contributed by atoms with Gasteiger partial charge in [0.1, 0.15) is 12.3 Å². The number of H-pyrrole nitrogens is 1. The minimum atomic E-state index is -0.904. The molecular weight excluding hydrogens is 228 g/mol. The van der Waals surface area contributed by atoms with Gasteiger partial charge in [-0.05, 0) is 6.92 Å². The van der Waals surface area contributed by atoms with Crippen LogP contribution >= 0.6 is 0 Å². The molecule has 0 bridgehead atoms. The largest absolute Gasteiger partial charge is 0.394 e. The van der Waals surface area contributed by atoms with Gasteiger partial charge in [0.2, 0.25) is 0 Å². The number of hydrogen-bond acceptors (Lipinski definition) is 5. The lowest BCUT2D eigenvalue weighted by molar-refractivity contribution is -0.0459. The molecular formula is C10H14N2O5. The molecule has 94 valence electrons. The molecule has 7 nitrogen and oxygen atoms in total. The van der Waals surface area contributed by atoms with Crippen LogP contribution in [0, 0.1) is 6.92 Å². The number of ether oxygens (including phenoxy) is 1. The van der Waals surface area contributed by atoms with Crippen LogP contribution in [-0.4, -0.2) is 38.6 Å². The maximum atomic E-state index is 11.7. The van der Waals surface area contributed by atoms with Crippen LogP contribution in [0.25, 0.3) is 0 Å². The average Bonchev–Trinajstić information content (AvgIpc) is 2.67. The van der Waals surface area contributed by atoms with Crippen molar-refractivity contribution in [2.24, 2.45) is 0 Å². The molecule has 7 heteroatoms. The van der Waals surface area contributed by atoms with Crippen molar-refractivity contribution in [2.45, 2.75) is 31.8 Å². The molecule has 1 fully saturated rings. The van der Waals surface area contributed by atoms with E-state index in [1.54, 1.807) is 0 Å². The first-order valence-corrected chi connectivity index (χ1v) is 5.22. The Hall–Kier alpha value is -1.44. The van der Waals surface area contributed by atoms with Crippen molar-refractivity contribution in [3.8, 4) is 0 Å². The molecule has 0 amide bonds. The van der Waals surface area contributed by atoms with Gasteiger partial charge < -0.3 is 14.9 Å². The molecule has 0 spiro atoms. The van der Waals surface area contributed by atoms with Gasteiger partial charge in [0.25, 0.3) is 5.56 Å². The predicted octanol–water partition coefficient (Wildman–Crippen LogP) is -1.51. The lowest BCUT2D eigenvalue weighted by atomic mass is 10.2. The first-order valence-electron chi connectivity index (χ1n) is 5.72.